The third-order valence-electron chi connectivity index (χ3n) is 4.93. The van der Waals surface area contributed by atoms with Crippen LogP contribution in [-0.2, 0) is 11.8 Å². The Morgan fingerprint density at radius 3 is 2.48 bits per heavy atom. The van der Waals surface area contributed by atoms with Crippen molar-refractivity contribution in [2.45, 2.75) is 31.2 Å². The maximum absolute atomic E-state index is 13.9. The van der Waals surface area contributed by atoms with E-state index in [9.17, 15) is 9.18 Å². The molecule has 9 heteroatoms. The molecule has 0 aliphatic heterocycles. The van der Waals surface area contributed by atoms with Crippen LogP contribution in [0.25, 0.3) is 11.4 Å². The third kappa shape index (κ3) is 5.37. The number of carbonyl (C=O) groups excluding carboxylic acids is 1. The zero-order valence-corrected chi connectivity index (χ0v) is 19.5. The number of benzene rings is 2. The highest BCUT2D eigenvalue weighted by Crippen LogP contribution is 2.28. The fraction of sp³-hybridized carbons (Fsp3) is 0.318. The van der Waals surface area contributed by atoms with Crippen LogP contribution in [0.3, 0.4) is 0 Å². The average molecular weight is 462 g/mol. The maximum atomic E-state index is 13.9. The molecule has 1 aromatic heterocycles. The summed E-state index contributed by atoms with van der Waals surface area (Å²) >= 11 is 7.01. The molecular formula is C22H25ClFN5OS. The summed E-state index contributed by atoms with van der Waals surface area (Å²) in [5, 5.41) is 11.5. The van der Waals surface area contributed by atoms with Crippen LogP contribution in [0.2, 0.25) is 5.02 Å². The van der Waals surface area contributed by atoms with Crippen LogP contribution >= 0.6 is 23.4 Å². The highest BCUT2D eigenvalue weighted by atomic mass is 35.5. The second-order valence-electron chi connectivity index (χ2n) is 6.96. The number of carbonyl (C=O) groups is 1. The standard InChI is InChI=1S/C22H25ClFN5OS/c1-5-29(6-2)17-10-7-15(8-11-17)20-26-27-22(28(20)4)31-14(3)21(30)25-19-12-9-16(23)13-18(19)24/h7-14H,5-6H2,1-4H3,(H,25,30). The van der Waals surface area contributed by atoms with Gasteiger partial charge in [-0.05, 0) is 63.2 Å². The average Bonchev–Trinajstić information content (AvgIpc) is 3.11. The van der Waals surface area contributed by atoms with E-state index in [2.05, 4.69) is 46.4 Å². The molecule has 1 atom stereocenters. The van der Waals surface area contributed by atoms with E-state index in [1.807, 2.05) is 23.7 Å². The lowest BCUT2D eigenvalue weighted by Crippen LogP contribution is -2.23. The lowest BCUT2D eigenvalue weighted by atomic mass is 10.2. The molecule has 1 amide bonds. The van der Waals surface area contributed by atoms with Gasteiger partial charge in [0, 0.05) is 36.4 Å². The van der Waals surface area contributed by atoms with Crippen LogP contribution in [-0.4, -0.2) is 39.0 Å². The molecule has 0 saturated carbocycles. The Balaban J connectivity index is 1.70. The van der Waals surface area contributed by atoms with Crippen LogP contribution in [0.4, 0.5) is 15.8 Å². The zero-order chi connectivity index (χ0) is 22.5. The molecule has 164 valence electrons. The Kier molecular flexibility index (Phi) is 7.56. The summed E-state index contributed by atoms with van der Waals surface area (Å²) < 4.78 is 15.8. The highest BCUT2D eigenvalue weighted by Gasteiger charge is 2.20. The van der Waals surface area contributed by atoms with Gasteiger partial charge < -0.3 is 14.8 Å². The van der Waals surface area contributed by atoms with Gasteiger partial charge in [0.2, 0.25) is 5.91 Å². The number of aromatic nitrogens is 3. The van der Waals surface area contributed by atoms with Gasteiger partial charge in [-0.2, -0.15) is 0 Å². The van der Waals surface area contributed by atoms with Crippen molar-refractivity contribution in [3.05, 3.63) is 53.3 Å². The monoisotopic (exact) mass is 461 g/mol. The normalized spacial score (nSPS) is 11.9. The molecule has 3 rings (SSSR count). The fourth-order valence-corrected chi connectivity index (χ4v) is 4.09. The quantitative estimate of drug-likeness (QED) is 0.465. The molecule has 0 radical (unpaired) electrons. The van der Waals surface area contributed by atoms with Gasteiger partial charge in [0.1, 0.15) is 5.82 Å². The molecule has 0 fully saturated rings. The molecule has 1 N–H and O–H groups in total. The number of nitrogens with zero attached hydrogens (tertiary/aromatic N) is 4. The maximum Gasteiger partial charge on any atom is 0.237 e. The van der Waals surface area contributed by atoms with Crippen molar-refractivity contribution < 1.29 is 9.18 Å². The third-order valence-corrected chi connectivity index (χ3v) is 6.30. The Labute approximate surface area is 190 Å². The van der Waals surface area contributed by atoms with Crippen molar-refractivity contribution in [2.24, 2.45) is 7.05 Å². The van der Waals surface area contributed by atoms with Gasteiger partial charge >= 0.3 is 0 Å². The number of hydrogen-bond acceptors (Lipinski definition) is 5. The molecule has 0 spiro atoms. The summed E-state index contributed by atoms with van der Waals surface area (Å²) in [5.41, 5.74) is 2.19. The van der Waals surface area contributed by atoms with Gasteiger partial charge in [-0.1, -0.05) is 23.4 Å². The van der Waals surface area contributed by atoms with Crippen LogP contribution in [0.5, 0.6) is 0 Å². The Bertz CT molecular complexity index is 1050. The summed E-state index contributed by atoms with van der Waals surface area (Å²) in [6.07, 6.45) is 0. The van der Waals surface area contributed by atoms with Crippen molar-refractivity contribution >= 4 is 40.6 Å². The van der Waals surface area contributed by atoms with Crippen LogP contribution in [0.15, 0.2) is 47.6 Å². The first-order valence-corrected chi connectivity index (χ1v) is 11.3. The minimum atomic E-state index is -0.577. The smallest absolute Gasteiger partial charge is 0.237 e. The minimum absolute atomic E-state index is 0.0915. The van der Waals surface area contributed by atoms with Crippen molar-refractivity contribution in [3.63, 3.8) is 0 Å². The summed E-state index contributed by atoms with van der Waals surface area (Å²) in [4.78, 5) is 14.8. The second-order valence-corrected chi connectivity index (χ2v) is 8.70. The van der Waals surface area contributed by atoms with E-state index < -0.39 is 11.1 Å². The van der Waals surface area contributed by atoms with Crippen molar-refractivity contribution in [2.75, 3.05) is 23.3 Å². The van der Waals surface area contributed by atoms with Crippen molar-refractivity contribution in [1.29, 1.82) is 0 Å². The number of halogens is 2. The number of hydrogen-bond donors (Lipinski definition) is 1. The molecule has 3 aromatic rings. The number of rotatable bonds is 8. The minimum Gasteiger partial charge on any atom is -0.372 e. The predicted octanol–water partition coefficient (Wildman–Crippen LogP) is 5.24. The largest absolute Gasteiger partial charge is 0.372 e. The Hall–Kier alpha value is -2.58. The van der Waals surface area contributed by atoms with Gasteiger partial charge in [0.05, 0.1) is 10.9 Å². The summed E-state index contributed by atoms with van der Waals surface area (Å²) in [6.45, 7) is 7.88. The van der Waals surface area contributed by atoms with E-state index in [1.165, 1.54) is 23.9 Å². The van der Waals surface area contributed by atoms with Crippen LogP contribution in [0.1, 0.15) is 20.8 Å². The van der Waals surface area contributed by atoms with Gasteiger partial charge in [-0.15, -0.1) is 10.2 Å². The van der Waals surface area contributed by atoms with Gasteiger partial charge in [-0.3, -0.25) is 4.79 Å². The number of nitrogens with one attached hydrogen (secondary N) is 1. The lowest BCUT2D eigenvalue weighted by molar-refractivity contribution is -0.115. The van der Waals surface area contributed by atoms with Crippen molar-refractivity contribution in [3.8, 4) is 11.4 Å². The Morgan fingerprint density at radius 1 is 1.19 bits per heavy atom. The van der Waals surface area contributed by atoms with Gasteiger partial charge in [0.15, 0.2) is 11.0 Å². The molecule has 6 nitrogen and oxygen atoms in total. The second kappa shape index (κ2) is 10.2. The zero-order valence-electron chi connectivity index (χ0n) is 17.9. The van der Waals surface area contributed by atoms with Crippen LogP contribution < -0.4 is 10.2 Å². The predicted molar refractivity (Wildman–Crippen MR) is 125 cm³/mol. The van der Waals surface area contributed by atoms with Crippen LogP contribution in [0, 0.1) is 5.82 Å². The summed E-state index contributed by atoms with van der Waals surface area (Å²) in [7, 11) is 1.86. The van der Waals surface area contributed by atoms with Gasteiger partial charge in [-0.25, -0.2) is 4.39 Å². The van der Waals surface area contributed by atoms with E-state index in [0.29, 0.717) is 11.0 Å². The molecule has 0 aliphatic rings. The lowest BCUT2D eigenvalue weighted by Gasteiger charge is -2.21. The van der Waals surface area contributed by atoms with E-state index in [4.69, 9.17) is 11.6 Å². The summed E-state index contributed by atoms with van der Waals surface area (Å²) in [5.74, 6) is -0.198. The van der Waals surface area contributed by atoms with E-state index in [1.54, 1.807) is 6.92 Å². The number of anilines is 2. The molecule has 2 aromatic carbocycles. The first-order valence-electron chi connectivity index (χ1n) is 10.0. The highest BCUT2D eigenvalue weighted by molar-refractivity contribution is 8.00. The molecule has 0 saturated heterocycles. The summed E-state index contributed by atoms with van der Waals surface area (Å²) in [6, 6.07) is 12.3. The van der Waals surface area contributed by atoms with Gasteiger partial charge in [0.25, 0.3) is 0 Å². The van der Waals surface area contributed by atoms with E-state index in [0.717, 1.165) is 30.4 Å². The molecule has 31 heavy (non-hydrogen) atoms. The van der Waals surface area contributed by atoms with Crippen molar-refractivity contribution in [1.82, 2.24) is 14.8 Å². The molecule has 1 unspecified atom stereocenters. The first kappa shape index (κ1) is 23.1. The molecule has 0 aliphatic carbocycles. The molecule has 0 bridgehead atoms. The fourth-order valence-electron chi connectivity index (χ4n) is 3.12. The Morgan fingerprint density at radius 2 is 1.87 bits per heavy atom. The number of amides is 1. The molecular weight excluding hydrogens is 437 g/mol. The molecule has 1 heterocycles. The SMILES string of the molecule is CCN(CC)c1ccc(-c2nnc(SC(C)C(=O)Nc3ccc(Cl)cc3F)n2C)cc1. The number of thioether (sulfide) groups is 1. The van der Waals surface area contributed by atoms with E-state index >= 15 is 0 Å². The van der Waals surface area contributed by atoms with E-state index in [-0.39, 0.29) is 16.6 Å². The topological polar surface area (TPSA) is 63.1 Å². The first-order chi connectivity index (χ1) is 14.8.